The predicted molar refractivity (Wildman–Crippen MR) is 113 cm³/mol. The van der Waals surface area contributed by atoms with E-state index in [2.05, 4.69) is 0 Å². The smallest absolute Gasteiger partial charge is 0.346 e. The van der Waals surface area contributed by atoms with Crippen LogP contribution in [0.15, 0.2) is 24.3 Å². The van der Waals surface area contributed by atoms with E-state index >= 15 is 0 Å². The minimum absolute atomic E-state index is 0.271. The average molecular weight is 474 g/mol. The summed E-state index contributed by atoms with van der Waals surface area (Å²) in [5.74, 6) is -10.4. The Morgan fingerprint density at radius 1 is 0.588 bits per heavy atom. The summed E-state index contributed by atoms with van der Waals surface area (Å²) in [4.78, 5) is 73.3. The molecule has 0 saturated heterocycles. The Morgan fingerprint density at radius 2 is 0.912 bits per heavy atom. The molecule has 2 N–H and O–H groups in total. The van der Waals surface area contributed by atoms with Crippen molar-refractivity contribution in [2.24, 2.45) is 23.7 Å². The van der Waals surface area contributed by atoms with Gasteiger partial charge in [0.2, 0.25) is 0 Å². The van der Waals surface area contributed by atoms with Crippen LogP contribution in [0.25, 0.3) is 0 Å². The highest BCUT2D eigenvalue weighted by molar-refractivity contribution is 6.08. The molecule has 0 heterocycles. The van der Waals surface area contributed by atoms with Gasteiger partial charge in [-0.25, -0.2) is 9.59 Å². The fourth-order valence-corrected chi connectivity index (χ4v) is 4.70. The van der Waals surface area contributed by atoms with Gasteiger partial charge in [0.25, 0.3) is 0 Å². The number of benzene rings is 1. The van der Waals surface area contributed by atoms with Crippen molar-refractivity contribution < 1.29 is 48.5 Å². The molecular formula is C24H26O10. The number of hydrogen-bond donors (Lipinski definition) is 2. The number of rotatable bonds is 6. The molecule has 0 amide bonds. The van der Waals surface area contributed by atoms with Gasteiger partial charge in [-0.1, -0.05) is 37.8 Å². The van der Waals surface area contributed by atoms with Crippen LogP contribution in [0.3, 0.4) is 0 Å². The van der Waals surface area contributed by atoms with Crippen molar-refractivity contribution in [3.63, 3.8) is 0 Å². The lowest BCUT2D eigenvalue weighted by Crippen LogP contribution is -2.35. The fraction of sp³-hybridized carbons (Fsp3) is 0.500. The van der Waals surface area contributed by atoms with Crippen LogP contribution < -0.4 is 0 Å². The van der Waals surface area contributed by atoms with E-state index in [1.165, 1.54) is 24.3 Å². The van der Waals surface area contributed by atoms with E-state index in [-0.39, 0.29) is 24.0 Å². The quantitative estimate of drug-likeness (QED) is 0.463. The molecule has 0 aromatic heterocycles. The molecule has 0 radical (unpaired) electrons. The first-order valence-corrected chi connectivity index (χ1v) is 11.3. The van der Waals surface area contributed by atoms with E-state index in [0.717, 1.165) is 0 Å². The van der Waals surface area contributed by atoms with Crippen LogP contribution in [0.1, 0.15) is 72.1 Å². The van der Waals surface area contributed by atoms with Crippen LogP contribution in [0.5, 0.6) is 0 Å². The molecule has 2 saturated carbocycles. The summed E-state index contributed by atoms with van der Waals surface area (Å²) >= 11 is 0. The second-order valence-electron chi connectivity index (χ2n) is 8.63. The average Bonchev–Trinajstić information content (AvgIpc) is 2.83. The molecule has 4 atom stereocenters. The van der Waals surface area contributed by atoms with E-state index < -0.39 is 59.5 Å². The summed E-state index contributed by atoms with van der Waals surface area (Å²) in [7, 11) is 0. The Labute approximate surface area is 195 Å². The minimum atomic E-state index is -1.17. The monoisotopic (exact) mass is 474 g/mol. The van der Waals surface area contributed by atoms with Crippen LogP contribution in [0.4, 0.5) is 0 Å². The molecular weight excluding hydrogens is 448 g/mol. The summed E-state index contributed by atoms with van der Waals surface area (Å²) in [5.41, 5.74) is -0.649. The Hall–Kier alpha value is -3.56. The molecule has 34 heavy (non-hydrogen) atoms. The maximum atomic E-state index is 12.7. The lowest BCUT2D eigenvalue weighted by Gasteiger charge is -2.26. The second-order valence-corrected chi connectivity index (χ2v) is 8.63. The molecule has 4 unspecified atom stereocenters. The highest BCUT2D eigenvalue weighted by Gasteiger charge is 2.39. The molecule has 3 rings (SSSR count). The summed E-state index contributed by atoms with van der Waals surface area (Å²) in [6.45, 7) is 0. The molecule has 1 aromatic rings. The first-order valence-electron chi connectivity index (χ1n) is 11.3. The van der Waals surface area contributed by atoms with Crippen LogP contribution in [-0.4, -0.2) is 46.0 Å². The van der Waals surface area contributed by atoms with Crippen LogP contribution in [0.2, 0.25) is 0 Å². The third kappa shape index (κ3) is 5.67. The van der Waals surface area contributed by atoms with E-state index in [4.69, 9.17) is 9.47 Å². The van der Waals surface area contributed by atoms with Gasteiger partial charge in [-0.2, -0.15) is 0 Å². The van der Waals surface area contributed by atoms with Gasteiger partial charge >= 0.3 is 35.8 Å². The SMILES string of the molecule is O=C(OC(=O)C1CCCCC1C(=O)O)c1ccccc1C(=O)OC(=O)C1CCCCC1C(=O)O. The molecule has 10 nitrogen and oxygen atoms in total. The van der Waals surface area contributed by atoms with Crippen molar-refractivity contribution in [3.05, 3.63) is 35.4 Å². The van der Waals surface area contributed by atoms with Crippen LogP contribution in [-0.2, 0) is 28.7 Å². The maximum Gasteiger partial charge on any atom is 0.346 e. The first kappa shape index (κ1) is 25.1. The Balaban J connectivity index is 1.72. The molecule has 182 valence electrons. The molecule has 0 aliphatic heterocycles. The van der Waals surface area contributed by atoms with Crippen LogP contribution >= 0.6 is 0 Å². The summed E-state index contributed by atoms with van der Waals surface area (Å²) in [6.07, 6.45) is 3.70. The third-order valence-corrected chi connectivity index (χ3v) is 6.53. The molecule has 0 bridgehead atoms. The predicted octanol–water partition coefficient (Wildman–Crippen LogP) is 2.84. The number of ether oxygens (including phenoxy) is 2. The fourth-order valence-electron chi connectivity index (χ4n) is 4.70. The van der Waals surface area contributed by atoms with Crippen molar-refractivity contribution in [3.8, 4) is 0 Å². The number of carboxylic acid groups (broad SMARTS) is 2. The summed E-state index contributed by atoms with van der Waals surface area (Å²) in [5, 5.41) is 18.7. The maximum absolute atomic E-state index is 12.7. The number of aliphatic carboxylic acids is 2. The van der Waals surface area contributed by atoms with E-state index in [1.807, 2.05) is 0 Å². The van der Waals surface area contributed by atoms with Gasteiger partial charge in [-0.3, -0.25) is 19.2 Å². The van der Waals surface area contributed by atoms with Crippen molar-refractivity contribution in [1.82, 2.24) is 0 Å². The van der Waals surface area contributed by atoms with Crippen molar-refractivity contribution in [1.29, 1.82) is 0 Å². The zero-order chi connectivity index (χ0) is 24.8. The molecule has 2 fully saturated rings. The number of hydrogen-bond acceptors (Lipinski definition) is 8. The Bertz CT molecular complexity index is 918. The van der Waals surface area contributed by atoms with Gasteiger partial charge in [0.1, 0.15) is 0 Å². The molecule has 1 aromatic carbocycles. The van der Waals surface area contributed by atoms with Gasteiger partial charge in [-0.15, -0.1) is 0 Å². The number of esters is 4. The largest absolute Gasteiger partial charge is 0.481 e. The molecule has 2 aliphatic rings. The van der Waals surface area contributed by atoms with Crippen LogP contribution in [0, 0.1) is 23.7 Å². The molecule has 2 aliphatic carbocycles. The molecule has 0 spiro atoms. The van der Waals surface area contributed by atoms with Gasteiger partial charge in [0.05, 0.1) is 34.8 Å². The van der Waals surface area contributed by atoms with Gasteiger partial charge in [-0.05, 0) is 37.8 Å². The number of carboxylic acids is 2. The second kappa shape index (κ2) is 11.0. The normalized spacial score (nSPS) is 24.5. The first-order chi connectivity index (χ1) is 16.2. The highest BCUT2D eigenvalue weighted by atomic mass is 16.6. The van der Waals surface area contributed by atoms with Gasteiger partial charge in [0, 0.05) is 0 Å². The third-order valence-electron chi connectivity index (χ3n) is 6.53. The lowest BCUT2D eigenvalue weighted by molar-refractivity contribution is -0.156. The minimum Gasteiger partial charge on any atom is -0.481 e. The number of carbonyl (C=O) groups excluding carboxylic acids is 4. The highest BCUT2D eigenvalue weighted by Crippen LogP contribution is 2.33. The zero-order valence-corrected chi connectivity index (χ0v) is 18.4. The van der Waals surface area contributed by atoms with E-state index in [9.17, 15) is 39.0 Å². The van der Waals surface area contributed by atoms with Gasteiger partial charge < -0.3 is 19.7 Å². The molecule has 10 heteroatoms. The van der Waals surface area contributed by atoms with Crippen molar-refractivity contribution >= 4 is 35.8 Å². The number of carbonyl (C=O) groups is 6. The lowest BCUT2D eigenvalue weighted by atomic mass is 9.79. The Morgan fingerprint density at radius 3 is 1.24 bits per heavy atom. The summed E-state index contributed by atoms with van der Waals surface area (Å²) < 4.78 is 9.81. The van der Waals surface area contributed by atoms with Crippen molar-refractivity contribution in [2.75, 3.05) is 0 Å². The van der Waals surface area contributed by atoms with E-state index in [0.29, 0.717) is 38.5 Å². The standard InChI is InChI=1S/C24H26O10/c25-19(26)13-7-1-3-9-15(13)21(29)33-23(31)17-11-5-6-12-18(17)24(32)34-22(30)16-10-4-2-8-14(16)20(27)28/h5-6,11-16H,1-4,7-10H2,(H,25,26)(H,27,28). The Kier molecular flexibility index (Phi) is 8.14. The van der Waals surface area contributed by atoms with Crippen molar-refractivity contribution in [2.45, 2.75) is 51.4 Å². The van der Waals surface area contributed by atoms with Gasteiger partial charge in [0.15, 0.2) is 0 Å². The summed E-state index contributed by atoms with van der Waals surface area (Å²) in [6, 6.07) is 5.27. The topological polar surface area (TPSA) is 161 Å². The van der Waals surface area contributed by atoms with E-state index in [1.54, 1.807) is 0 Å². The zero-order valence-electron chi connectivity index (χ0n) is 18.4.